The van der Waals surface area contributed by atoms with Gasteiger partial charge in [-0.3, -0.25) is 4.79 Å². The first-order chi connectivity index (χ1) is 13.1. The Labute approximate surface area is 162 Å². The lowest BCUT2D eigenvalue weighted by Gasteiger charge is -2.45. The predicted octanol–water partition coefficient (Wildman–Crippen LogP) is 3.67. The summed E-state index contributed by atoms with van der Waals surface area (Å²) in [7, 11) is 3.35. The SMILES string of the molecule is COc1cc2c(cc1OC)C1(CCN(C(=O)CC3CCCC3)CC1)OCC2. The number of fused-ring (bicyclic) bond motifs is 2. The Hall–Kier alpha value is -1.75. The number of benzene rings is 1. The van der Waals surface area contributed by atoms with Crippen LogP contribution in [0.25, 0.3) is 0 Å². The number of hydrogen-bond donors (Lipinski definition) is 0. The third-order valence-electron chi connectivity index (χ3n) is 6.71. The summed E-state index contributed by atoms with van der Waals surface area (Å²) in [6.45, 7) is 2.27. The van der Waals surface area contributed by atoms with Crippen molar-refractivity contribution in [2.75, 3.05) is 33.9 Å². The number of methoxy groups -OCH3 is 2. The first-order valence-electron chi connectivity index (χ1n) is 10.3. The zero-order valence-electron chi connectivity index (χ0n) is 16.6. The second-order valence-corrected chi connectivity index (χ2v) is 8.19. The summed E-state index contributed by atoms with van der Waals surface area (Å²) < 4.78 is 17.3. The van der Waals surface area contributed by atoms with Crippen LogP contribution in [0.15, 0.2) is 12.1 Å². The van der Waals surface area contributed by atoms with Crippen molar-refractivity contribution >= 4 is 5.91 Å². The number of carbonyl (C=O) groups is 1. The highest BCUT2D eigenvalue weighted by Gasteiger charge is 2.42. The molecule has 1 saturated heterocycles. The number of likely N-dealkylation sites (tertiary alicyclic amines) is 1. The summed E-state index contributed by atoms with van der Waals surface area (Å²) in [5.41, 5.74) is 2.20. The molecule has 5 nitrogen and oxygen atoms in total. The Morgan fingerprint density at radius 3 is 2.48 bits per heavy atom. The number of piperidine rings is 1. The van der Waals surface area contributed by atoms with Crippen molar-refractivity contribution < 1.29 is 19.0 Å². The quantitative estimate of drug-likeness (QED) is 0.808. The van der Waals surface area contributed by atoms with Gasteiger partial charge in [-0.2, -0.15) is 0 Å². The lowest BCUT2D eigenvalue weighted by atomic mass is 9.79. The van der Waals surface area contributed by atoms with Gasteiger partial charge in [-0.15, -0.1) is 0 Å². The highest BCUT2D eigenvalue weighted by molar-refractivity contribution is 5.76. The fourth-order valence-corrected chi connectivity index (χ4v) is 5.11. The molecule has 5 heteroatoms. The molecule has 0 atom stereocenters. The first-order valence-corrected chi connectivity index (χ1v) is 10.3. The van der Waals surface area contributed by atoms with Gasteiger partial charge in [0.15, 0.2) is 11.5 Å². The van der Waals surface area contributed by atoms with E-state index in [0.717, 1.165) is 56.9 Å². The zero-order valence-corrected chi connectivity index (χ0v) is 16.6. The molecule has 2 fully saturated rings. The average molecular weight is 373 g/mol. The second-order valence-electron chi connectivity index (χ2n) is 8.19. The molecule has 2 heterocycles. The standard InChI is InChI=1S/C22H31NO4/c1-25-19-14-17-7-12-27-22(18(17)15-20(19)26-2)8-10-23(11-9-22)21(24)13-16-5-3-4-6-16/h14-16H,3-13H2,1-2H3. The molecule has 27 heavy (non-hydrogen) atoms. The molecule has 4 rings (SSSR count). The normalized spacial score (nSPS) is 21.9. The van der Waals surface area contributed by atoms with E-state index in [9.17, 15) is 4.79 Å². The third-order valence-corrected chi connectivity index (χ3v) is 6.71. The number of ether oxygens (including phenoxy) is 3. The van der Waals surface area contributed by atoms with E-state index in [-0.39, 0.29) is 5.60 Å². The molecule has 0 aromatic heterocycles. The van der Waals surface area contributed by atoms with Gasteiger partial charge in [-0.25, -0.2) is 0 Å². The number of hydrogen-bond acceptors (Lipinski definition) is 4. The van der Waals surface area contributed by atoms with Gasteiger partial charge in [0.1, 0.15) is 0 Å². The minimum atomic E-state index is -0.294. The number of nitrogens with zero attached hydrogens (tertiary/aromatic N) is 1. The minimum Gasteiger partial charge on any atom is -0.493 e. The summed E-state index contributed by atoms with van der Waals surface area (Å²) in [6.07, 6.45) is 8.35. The van der Waals surface area contributed by atoms with Crippen LogP contribution in [0.4, 0.5) is 0 Å². The molecule has 1 aromatic carbocycles. The van der Waals surface area contributed by atoms with Crippen molar-refractivity contribution in [3.8, 4) is 11.5 Å². The topological polar surface area (TPSA) is 48.0 Å². The monoisotopic (exact) mass is 373 g/mol. The lowest BCUT2D eigenvalue weighted by molar-refractivity contribution is -0.141. The Kier molecular flexibility index (Phi) is 5.31. The third kappa shape index (κ3) is 3.54. The van der Waals surface area contributed by atoms with Gasteiger partial charge in [-0.05, 0) is 61.3 Å². The molecule has 1 saturated carbocycles. The molecule has 2 aliphatic heterocycles. The summed E-state index contributed by atoms with van der Waals surface area (Å²) in [6, 6.07) is 4.18. The van der Waals surface area contributed by atoms with Crippen LogP contribution in [0.3, 0.4) is 0 Å². The van der Waals surface area contributed by atoms with Crippen LogP contribution in [0.1, 0.15) is 56.1 Å². The Balaban J connectivity index is 1.49. The maximum absolute atomic E-state index is 12.7. The Morgan fingerprint density at radius 2 is 1.81 bits per heavy atom. The highest BCUT2D eigenvalue weighted by Crippen LogP contribution is 2.45. The maximum Gasteiger partial charge on any atom is 0.222 e. The first kappa shape index (κ1) is 18.6. The van der Waals surface area contributed by atoms with Gasteiger partial charge >= 0.3 is 0 Å². The van der Waals surface area contributed by atoms with Crippen LogP contribution in [-0.4, -0.2) is 44.7 Å². The molecule has 0 radical (unpaired) electrons. The van der Waals surface area contributed by atoms with E-state index < -0.39 is 0 Å². The van der Waals surface area contributed by atoms with E-state index in [4.69, 9.17) is 14.2 Å². The van der Waals surface area contributed by atoms with Crippen molar-refractivity contribution in [2.45, 2.75) is 57.0 Å². The van der Waals surface area contributed by atoms with Crippen molar-refractivity contribution in [1.29, 1.82) is 0 Å². The molecule has 0 N–H and O–H groups in total. The minimum absolute atomic E-state index is 0.294. The van der Waals surface area contributed by atoms with Crippen LogP contribution >= 0.6 is 0 Å². The zero-order chi connectivity index (χ0) is 18.9. The average Bonchev–Trinajstić information content (AvgIpc) is 3.21. The summed E-state index contributed by atoms with van der Waals surface area (Å²) >= 11 is 0. The number of carbonyl (C=O) groups excluding carboxylic acids is 1. The van der Waals surface area contributed by atoms with Crippen LogP contribution < -0.4 is 9.47 Å². The molecule has 0 unspecified atom stereocenters. The van der Waals surface area contributed by atoms with Gasteiger partial charge in [0.25, 0.3) is 0 Å². The van der Waals surface area contributed by atoms with Crippen LogP contribution in [0.2, 0.25) is 0 Å². The largest absolute Gasteiger partial charge is 0.493 e. The molecule has 3 aliphatic rings. The summed E-state index contributed by atoms with van der Waals surface area (Å²) in [5, 5.41) is 0. The molecule has 1 spiro atoms. The lowest BCUT2D eigenvalue weighted by Crippen LogP contribution is -2.48. The van der Waals surface area contributed by atoms with Crippen molar-refractivity contribution in [2.24, 2.45) is 5.92 Å². The molecular weight excluding hydrogens is 342 g/mol. The number of amides is 1. The summed E-state index contributed by atoms with van der Waals surface area (Å²) in [5.74, 6) is 2.47. The molecule has 1 aliphatic carbocycles. The Bertz CT molecular complexity index is 688. The second kappa shape index (κ2) is 7.70. The van der Waals surface area contributed by atoms with E-state index in [0.29, 0.717) is 11.8 Å². The molecular formula is C22H31NO4. The smallest absolute Gasteiger partial charge is 0.222 e. The van der Waals surface area contributed by atoms with Crippen molar-refractivity contribution in [3.05, 3.63) is 23.3 Å². The van der Waals surface area contributed by atoms with E-state index in [2.05, 4.69) is 17.0 Å². The molecule has 1 amide bonds. The van der Waals surface area contributed by atoms with Crippen LogP contribution in [0.5, 0.6) is 11.5 Å². The van der Waals surface area contributed by atoms with Crippen molar-refractivity contribution in [3.63, 3.8) is 0 Å². The molecule has 148 valence electrons. The molecule has 0 bridgehead atoms. The fourth-order valence-electron chi connectivity index (χ4n) is 5.11. The Morgan fingerprint density at radius 1 is 1.15 bits per heavy atom. The van der Waals surface area contributed by atoms with Crippen LogP contribution in [-0.2, 0) is 21.6 Å². The van der Waals surface area contributed by atoms with E-state index in [1.165, 1.54) is 36.8 Å². The fraction of sp³-hybridized carbons (Fsp3) is 0.682. The van der Waals surface area contributed by atoms with Gasteiger partial charge in [0.2, 0.25) is 5.91 Å². The maximum atomic E-state index is 12.7. The van der Waals surface area contributed by atoms with Gasteiger partial charge in [0, 0.05) is 19.5 Å². The van der Waals surface area contributed by atoms with Gasteiger partial charge < -0.3 is 19.1 Å². The van der Waals surface area contributed by atoms with E-state index in [1.807, 2.05) is 0 Å². The highest BCUT2D eigenvalue weighted by atomic mass is 16.5. The van der Waals surface area contributed by atoms with E-state index >= 15 is 0 Å². The predicted molar refractivity (Wildman–Crippen MR) is 103 cm³/mol. The van der Waals surface area contributed by atoms with E-state index in [1.54, 1.807) is 14.2 Å². The molecule has 1 aromatic rings. The van der Waals surface area contributed by atoms with Gasteiger partial charge in [0.05, 0.1) is 26.4 Å². The summed E-state index contributed by atoms with van der Waals surface area (Å²) in [4.78, 5) is 14.8. The van der Waals surface area contributed by atoms with Crippen LogP contribution in [0, 0.1) is 5.92 Å². The van der Waals surface area contributed by atoms with Crippen molar-refractivity contribution in [1.82, 2.24) is 4.90 Å². The number of rotatable bonds is 4. The van der Waals surface area contributed by atoms with Gasteiger partial charge in [-0.1, -0.05) is 12.8 Å².